The minimum absolute atomic E-state index is 0.0823. The molecule has 0 radical (unpaired) electrons. The molecular formula is C17H30BrF3N7O2PSi. The molecule has 182 valence electrons. The van der Waals surface area contributed by atoms with E-state index in [1.54, 1.807) is 24.0 Å². The van der Waals surface area contributed by atoms with E-state index in [1.165, 1.54) is 13.3 Å². The van der Waals surface area contributed by atoms with Crippen molar-refractivity contribution >= 4 is 52.1 Å². The number of rotatable bonds is 7. The minimum Gasteiger partial charge on any atom is -0.372 e. The number of anilines is 2. The Hall–Kier alpha value is -1.68. The highest BCUT2D eigenvalue weighted by atomic mass is 79.9. The molecule has 0 unspecified atom stereocenters. The molecule has 32 heavy (non-hydrogen) atoms. The van der Waals surface area contributed by atoms with Crippen LogP contribution in [0.2, 0.25) is 19.6 Å². The molecule has 0 fully saturated rings. The van der Waals surface area contributed by atoms with Gasteiger partial charge in [0.2, 0.25) is 5.95 Å². The first kappa shape index (κ1) is 30.3. The fourth-order valence-corrected chi connectivity index (χ4v) is 2.45. The Morgan fingerprint density at radius 2 is 1.88 bits per heavy atom. The summed E-state index contributed by atoms with van der Waals surface area (Å²) >= 11 is 3.51. The van der Waals surface area contributed by atoms with Crippen molar-refractivity contribution in [1.82, 2.24) is 19.5 Å². The molecule has 0 aliphatic heterocycles. The quantitative estimate of drug-likeness (QED) is 0.215. The van der Waals surface area contributed by atoms with Crippen molar-refractivity contribution in [3.63, 3.8) is 0 Å². The van der Waals surface area contributed by atoms with E-state index in [1.807, 2.05) is 0 Å². The monoisotopic (exact) mass is 559 g/mol. The van der Waals surface area contributed by atoms with Crippen molar-refractivity contribution in [2.45, 2.75) is 39.3 Å². The molecule has 0 aromatic carbocycles. The molecule has 0 bridgehead atoms. The van der Waals surface area contributed by atoms with E-state index in [4.69, 9.17) is 15.7 Å². The zero-order valence-electron chi connectivity index (χ0n) is 19.0. The Balaban J connectivity index is 0.00000104. The molecule has 15 heteroatoms. The average molecular weight is 560 g/mol. The topological polar surface area (TPSA) is 132 Å². The summed E-state index contributed by atoms with van der Waals surface area (Å²) in [6, 6.07) is 1.75. The second kappa shape index (κ2) is 13.1. The zero-order chi connectivity index (χ0) is 25.2. The number of nitrogens with two attached hydrogens (primary N) is 1. The van der Waals surface area contributed by atoms with Crippen molar-refractivity contribution in [1.29, 1.82) is 5.26 Å². The van der Waals surface area contributed by atoms with Gasteiger partial charge >= 0.3 is 6.18 Å². The van der Waals surface area contributed by atoms with Crippen LogP contribution in [0.1, 0.15) is 6.92 Å². The first-order valence-corrected chi connectivity index (χ1v) is 17.9. The number of nitrogen functional groups attached to an aromatic ring is 1. The standard InChI is InChI=1S/C12H18F3N6O2P.C3H9BrSi.C2H3N/c1-24(2,22)7-23-4-3-21-6-18-8-9(17-5-12(13,14)15)19-11(16)20-10(8)21;1-5(2,3)4;1-2-3/h6H,3-5,7H2,1-2H3,(H3,16,17,19,20);1-3H3;1H3. The van der Waals surface area contributed by atoms with E-state index in [0.717, 1.165) is 0 Å². The SMILES string of the molecule is CC#N.CP(C)(=O)COCCn1cnc2c(NCC(F)(F)F)nc(N)nc21.C[Si](C)(C)Br. The highest BCUT2D eigenvalue weighted by Crippen LogP contribution is 2.35. The van der Waals surface area contributed by atoms with Gasteiger partial charge in [-0.3, -0.25) is 0 Å². The average Bonchev–Trinajstić information content (AvgIpc) is 2.97. The fourth-order valence-electron chi connectivity index (χ4n) is 1.88. The van der Waals surface area contributed by atoms with Gasteiger partial charge in [0.05, 0.1) is 25.4 Å². The maximum Gasteiger partial charge on any atom is 0.405 e. The van der Waals surface area contributed by atoms with E-state index in [2.05, 4.69) is 55.2 Å². The zero-order valence-corrected chi connectivity index (χ0v) is 22.5. The van der Waals surface area contributed by atoms with Crippen molar-refractivity contribution in [3.05, 3.63) is 6.33 Å². The molecule has 3 N–H and O–H groups in total. The number of halogens is 4. The van der Waals surface area contributed by atoms with Gasteiger partial charge in [-0.1, -0.05) is 19.6 Å². The van der Waals surface area contributed by atoms with Gasteiger partial charge in [-0.25, -0.2) is 4.98 Å². The predicted molar refractivity (Wildman–Crippen MR) is 128 cm³/mol. The molecule has 0 amide bonds. The Kier molecular flexibility index (Phi) is 12.4. The van der Waals surface area contributed by atoms with Gasteiger partial charge in [0.15, 0.2) is 17.0 Å². The normalized spacial score (nSPS) is 11.7. The molecule has 0 saturated carbocycles. The van der Waals surface area contributed by atoms with Crippen molar-refractivity contribution in [2.75, 3.05) is 43.9 Å². The van der Waals surface area contributed by atoms with Gasteiger partial charge in [-0.05, 0) is 13.3 Å². The fraction of sp³-hybridized carbons (Fsp3) is 0.647. The van der Waals surface area contributed by atoms with E-state index >= 15 is 0 Å². The maximum atomic E-state index is 12.3. The van der Waals surface area contributed by atoms with E-state index in [0.29, 0.717) is 12.2 Å². The molecule has 2 aromatic heterocycles. The van der Waals surface area contributed by atoms with Crippen LogP contribution in [0.4, 0.5) is 24.9 Å². The number of hydrogen-bond acceptors (Lipinski definition) is 8. The smallest absolute Gasteiger partial charge is 0.372 e. The molecular weight excluding hydrogens is 530 g/mol. The maximum absolute atomic E-state index is 12.3. The van der Waals surface area contributed by atoms with Crippen LogP contribution in [0.25, 0.3) is 11.2 Å². The Morgan fingerprint density at radius 3 is 2.34 bits per heavy atom. The number of imidazole rings is 1. The first-order chi connectivity index (χ1) is 14.5. The lowest BCUT2D eigenvalue weighted by atomic mass is 10.4. The lowest BCUT2D eigenvalue weighted by Gasteiger charge is -2.10. The summed E-state index contributed by atoms with van der Waals surface area (Å²) in [7, 11) is -2.27. The highest BCUT2D eigenvalue weighted by molar-refractivity contribution is 9.26. The van der Waals surface area contributed by atoms with Crippen LogP contribution in [-0.2, 0) is 15.8 Å². The van der Waals surface area contributed by atoms with Gasteiger partial charge in [-0.15, -0.1) is 15.3 Å². The van der Waals surface area contributed by atoms with Gasteiger partial charge in [0.1, 0.15) is 20.4 Å². The van der Waals surface area contributed by atoms with Crippen LogP contribution in [0, 0.1) is 11.3 Å². The highest BCUT2D eigenvalue weighted by Gasteiger charge is 2.27. The van der Waals surface area contributed by atoms with E-state index < -0.39 is 26.6 Å². The molecule has 0 spiro atoms. The number of nitrogens with zero attached hydrogens (tertiary/aromatic N) is 5. The van der Waals surface area contributed by atoms with Crippen LogP contribution >= 0.6 is 22.4 Å². The molecule has 0 aliphatic rings. The van der Waals surface area contributed by atoms with E-state index in [9.17, 15) is 17.7 Å². The summed E-state index contributed by atoms with van der Waals surface area (Å²) in [6.07, 6.45) is -2.83. The summed E-state index contributed by atoms with van der Waals surface area (Å²) in [6.45, 7) is 9.94. The lowest BCUT2D eigenvalue weighted by Crippen LogP contribution is -2.22. The minimum atomic E-state index is -4.39. The molecule has 0 aliphatic carbocycles. The van der Waals surface area contributed by atoms with Crippen LogP contribution in [0.3, 0.4) is 0 Å². The van der Waals surface area contributed by atoms with Crippen LogP contribution in [0.5, 0.6) is 0 Å². The summed E-state index contributed by atoms with van der Waals surface area (Å²) in [5, 5.41) is 9.49. The number of fused-ring (bicyclic) bond motifs is 1. The summed E-state index contributed by atoms with van der Waals surface area (Å²) in [4.78, 5) is 11.8. The third-order valence-corrected chi connectivity index (χ3v) is 3.62. The molecule has 0 atom stereocenters. The summed E-state index contributed by atoms with van der Waals surface area (Å²) in [5.41, 5.74) is 6.03. The third-order valence-electron chi connectivity index (χ3n) is 2.82. The number of hydrogen-bond donors (Lipinski definition) is 2. The molecule has 2 rings (SSSR count). The van der Waals surface area contributed by atoms with Gasteiger partial charge in [0, 0.05) is 13.5 Å². The van der Waals surface area contributed by atoms with Crippen LogP contribution in [0.15, 0.2) is 6.33 Å². The number of nitriles is 1. The van der Waals surface area contributed by atoms with Crippen molar-refractivity contribution < 1.29 is 22.5 Å². The third kappa shape index (κ3) is 15.2. The first-order valence-electron chi connectivity index (χ1n) is 9.37. The van der Waals surface area contributed by atoms with Gasteiger partial charge < -0.3 is 24.9 Å². The molecule has 0 saturated heterocycles. The predicted octanol–water partition coefficient (Wildman–Crippen LogP) is 4.73. The number of nitrogens with one attached hydrogen (secondary N) is 1. The second-order valence-electron chi connectivity index (χ2n) is 7.91. The van der Waals surface area contributed by atoms with Gasteiger partial charge in [0.25, 0.3) is 0 Å². The van der Waals surface area contributed by atoms with Crippen molar-refractivity contribution in [2.24, 2.45) is 0 Å². The largest absolute Gasteiger partial charge is 0.405 e. The van der Waals surface area contributed by atoms with E-state index in [-0.39, 0.29) is 30.2 Å². The van der Waals surface area contributed by atoms with Gasteiger partial charge in [-0.2, -0.15) is 28.4 Å². The molecule has 2 aromatic rings. The Labute approximate surface area is 194 Å². The lowest BCUT2D eigenvalue weighted by molar-refractivity contribution is -0.115. The molecule has 2 heterocycles. The van der Waals surface area contributed by atoms with Crippen LogP contribution < -0.4 is 11.1 Å². The number of alkyl halides is 3. The summed E-state index contributed by atoms with van der Waals surface area (Å²) < 4.78 is 55.5. The number of aromatic nitrogens is 4. The van der Waals surface area contributed by atoms with Crippen LogP contribution in [-0.4, -0.2) is 65.2 Å². The summed E-state index contributed by atoms with van der Waals surface area (Å²) in [5.74, 6) is -0.248. The second-order valence-corrected chi connectivity index (χ2v) is 22.6. The number of ether oxygens (including phenoxy) is 1. The Bertz CT molecular complexity index is 933. The Morgan fingerprint density at radius 1 is 1.34 bits per heavy atom. The molecule has 9 nitrogen and oxygen atoms in total. The van der Waals surface area contributed by atoms with Crippen molar-refractivity contribution in [3.8, 4) is 6.07 Å².